The summed E-state index contributed by atoms with van der Waals surface area (Å²) in [7, 11) is 0. The van der Waals surface area contributed by atoms with E-state index in [0.29, 0.717) is 18.4 Å². The molecular formula is C14H16ClFN2OS. The fourth-order valence-electron chi connectivity index (χ4n) is 1.51. The molecule has 1 N–H and O–H groups in total. The molecule has 2 aromatic rings. The minimum absolute atomic E-state index is 0.0908. The summed E-state index contributed by atoms with van der Waals surface area (Å²) >= 11 is 7.20. The first-order chi connectivity index (χ1) is 9.54. The van der Waals surface area contributed by atoms with Crippen LogP contribution >= 0.6 is 22.9 Å². The number of ether oxygens (including phenoxy) is 1. The lowest BCUT2D eigenvalue weighted by molar-refractivity contribution is 0.300. The van der Waals surface area contributed by atoms with Crippen molar-refractivity contribution >= 4 is 22.9 Å². The van der Waals surface area contributed by atoms with Crippen LogP contribution in [-0.4, -0.2) is 11.0 Å². The normalized spacial score (nSPS) is 11.1. The molecule has 0 atom stereocenters. The molecule has 0 aliphatic heterocycles. The van der Waals surface area contributed by atoms with E-state index in [4.69, 9.17) is 16.3 Å². The molecule has 0 aliphatic carbocycles. The minimum Gasteiger partial charge on any atom is -0.487 e. The molecule has 1 aromatic heterocycles. The summed E-state index contributed by atoms with van der Waals surface area (Å²) in [5, 5.41) is 6.36. The average molecular weight is 315 g/mol. The zero-order valence-corrected chi connectivity index (χ0v) is 12.9. The maximum Gasteiger partial charge on any atom is 0.145 e. The number of nitrogens with one attached hydrogen (secondary N) is 1. The number of thiazole rings is 1. The van der Waals surface area contributed by atoms with Crippen molar-refractivity contribution in [2.45, 2.75) is 33.0 Å². The number of halogens is 2. The van der Waals surface area contributed by atoms with Crippen molar-refractivity contribution in [3.63, 3.8) is 0 Å². The summed E-state index contributed by atoms with van der Waals surface area (Å²) in [5.41, 5.74) is 0.839. The molecule has 0 radical (unpaired) electrons. The van der Waals surface area contributed by atoms with Gasteiger partial charge < -0.3 is 10.1 Å². The first kappa shape index (κ1) is 15.2. The molecule has 0 saturated heterocycles. The molecule has 0 bridgehead atoms. The fraction of sp³-hybridized carbons (Fsp3) is 0.357. The van der Waals surface area contributed by atoms with Gasteiger partial charge in [0.2, 0.25) is 0 Å². The van der Waals surface area contributed by atoms with Gasteiger partial charge in [-0.15, -0.1) is 11.3 Å². The summed E-state index contributed by atoms with van der Waals surface area (Å²) in [5.74, 6) is -0.0361. The number of hydrogen-bond acceptors (Lipinski definition) is 4. The zero-order valence-electron chi connectivity index (χ0n) is 11.3. The third kappa shape index (κ3) is 4.44. The first-order valence-electron chi connectivity index (χ1n) is 6.29. The van der Waals surface area contributed by atoms with Crippen molar-refractivity contribution < 1.29 is 9.13 Å². The van der Waals surface area contributed by atoms with Gasteiger partial charge in [0.05, 0.1) is 10.7 Å². The maximum absolute atomic E-state index is 13.3. The van der Waals surface area contributed by atoms with E-state index in [1.807, 2.05) is 5.38 Å². The van der Waals surface area contributed by atoms with E-state index in [2.05, 4.69) is 24.1 Å². The van der Waals surface area contributed by atoms with E-state index < -0.39 is 5.82 Å². The van der Waals surface area contributed by atoms with Crippen LogP contribution in [0.5, 0.6) is 5.75 Å². The largest absolute Gasteiger partial charge is 0.487 e. The Bertz CT molecular complexity index is 574. The van der Waals surface area contributed by atoms with Gasteiger partial charge in [-0.25, -0.2) is 9.37 Å². The summed E-state index contributed by atoms with van der Waals surface area (Å²) in [4.78, 5) is 4.45. The van der Waals surface area contributed by atoms with Gasteiger partial charge >= 0.3 is 0 Å². The quantitative estimate of drug-likeness (QED) is 0.874. The van der Waals surface area contributed by atoms with E-state index in [0.717, 1.165) is 17.2 Å². The first-order valence-corrected chi connectivity index (χ1v) is 7.55. The third-order valence-electron chi connectivity index (χ3n) is 2.54. The molecule has 0 fully saturated rings. The Balaban J connectivity index is 1.89. The average Bonchev–Trinajstić information content (AvgIpc) is 2.86. The second kappa shape index (κ2) is 7.02. The molecule has 0 amide bonds. The Morgan fingerprint density at radius 1 is 1.45 bits per heavy atom. The molecule has 2 rings (SSSR count). The van der Waals surface area contributed by atoms with Crippen LogP contribution in [-0.2, 0) is 13.2 Å². The third-order valence-corrected chi connectivity index (χ3v) is 3.74. The van der Waals surface area contributed by atoms with Crippen LogP contribution in [0.15, 0.2) is 23.6 Å². The zero-order chi connectivity index (χ0) is 14.5. The summed E-state index contributed by atoms with van der Waals surface area (Å²) < 4.78 is 18.7. The molecule has 0 saturated carbocycles. The number of hydrogen-bond donors (Lipinski definition) is 1. The van der Waals surface area contributed by atoms with Crippen molar-refractivity contribution in [2.75, 3.05) is 0 Å². The SMILES string of the molecule is CC(C)NCc1nc(COc2ccc(Cl)c(F)c2)cs1. The lowest BCUT2D eigenvalue weighted by Gasteiger charge is -2.05. The van der Waals surface area contributed by atoms with Crippen molar-refractivity contribution in [1.82, 2.24) is 10.3 Å². The Morgan fingerprint density at radius 2 is 2.25 bits per heavy atom. The second-order valence-electron chi connectivity index (χ2n) is 4.63. The monoisotopic (exact) mass is 314 g/mol. The Labute approximate surface area is 126 Å². The van der Waals surface area contributed by atoms with Gasteiger partial charge in [-0.2, -0.15) is 0 Å². The van der Waals surface area contributed by atoms with Crippen LogP contribution in [0.3, 0.4) is 0 Å². The van der Waals surface area contributed by atoms with Gasteiger partial charge in [0.25, 0.3) is 0 Å². The van der Waals surface area contributed by atoms with Gasteiger partial charge in [-0.3, -0.25) is 0 Å². The standard InChI is InChI=1S/C14H16ClFN2OS/c1-9(2)17-6-14-18-10(8-20-14)7-19-11-3-4-12(15)13(16)5-11/h3-5,8-9,17H,6-7H2,1-2H3. The van der Waals surface area contributed by atoms with Gasteiger partial charge in [0.1, 0.15) is 23.2 Å². The maximum atomic E-state index is 13.3. The van der Waals surface area contributed by atoms with E-state index in [1.165, 1.54) is 12.1 Å². The van der Waals surface area contributed by atoms with Crippen molar-refractivity contribution in [2.24, 2.45) is 0 Å². The summed E-state index contributed by atoms with van der Waals surface area (Å²) in [6.07, 6.45) is 0. The van der Waals surface area contributed by atoms with Gasteiger partial charge in [-0.1, -0.05) is 25.4 Å². The Kier molecular flexibility index (Phi) is 5.34. The molecular weight excluding hydrogens is 299 g/mol. The number of rotatable bonds is 6. The molecule has 1 heterocycles. The second-order valence-corrected chi connectivity index (χ2v) is 5.98. The van der Waals surface area contributed by atoms with Crippen LogP contribution in [0.4, 0.5) is 4.39 Å². The van der Waals surface area contributed by atoms with Crippen LogP contribution < -0.4 is 10.1 Å². The fourth-order valence-corrected chi connectivity index (χ4v) is 2.36. The molecule has 6 heteroatoms. The van der Waals surface area contributed by atoms with Crippen molar-refractivity contribution in [3.05, 3.63) is 45.1 Å². The number of aromatic nitrogens is 1. The van der Waals surface area contributed by atoms with E-state index in [-0.39, 0.29) is 5.02 Å². The Hall–Kier alpha value is -1.17. The topological polar surface area (TPSA) is 34.2 Å². The highest BCUT2D eigenvalue weighted by Gasteiger charge is 2.05. The lowest BCUT2D eigenvalue weighted by Crippen LogP contribution is -2.21. The molecule has 0 aliphatic rings. The van der Waals surface area contributed by atoms with Crippen molar-refractivity contribution in [3.8, 4) is 5.75 Å². The highest BCUT2D eigenvalue weighted by atomic mass is 35.5. The molecule has 20 heavy (non-hydrogen) atoms. The van der Waals surface area contributed by atoms with Crippen LogP contribution in [0.2, 0.25) is 5.02 Å². The highest BCUT2D eigenvalue weighted by molar-refractivity contribution is 7.09. The molecule has 0 unspecified atom stereocenters. The van der Waals surface area contributed by atoms with Gasteiger partial charge in [0, 0.05) is 24.0 Å². The highest BCUT2D eigenvalue weighted by Crippen LogP contribution is 2.21. The van der Waals surface area contributed by atoms with E-state index >= 15 is 0 Å². The van der Waals surface area contributed by atoms with Crippen LogP contribution in [0, 0.1) is 5.82 Å². The van der Waals surface area contributed by atoms with Crippen LogP contribution in [0.25, 0.3) is 0 Å². The predicted molar refractivity (Wildman–Crippen MR) is 79.8 cm³/mol. The molecule has 0 spiro atoms. The number of nitrogens with zero attached hydrogens (tertiary/aromatic N) is 1. The lowest BCUT2D eigenvalue weighted by atomic mass is 10.3. The van der Waals surface area contributed by atoms with E-state index in [9.17, 15) is 4.39 Å². The molecule has 108 valence electrons. The summed E-state index contributed by atoms with van der Waals surface area (Å²) in [6.45, 7) is 5.25. The Morgan fingerprint density at radius 3 is 2.95 bits per heavy atom. The predicted octanol–water partition coefficient (Wildman–Crippen LogP) is 4.01. The van der Waals surface area contributed by atoms with Crippen molar-refractivity contribution in [1.29, 1.82) is 0 Å². The number of benzene rings is 1. The van der Waals surface area contributed by atoms with E-state index in [1.54, 1.807) is 17.4 Å². The summed E-state index contributed by atoms with van der Waals surface area (Å²) in [6, 6.07) is 4.82. The van der Waals surface area contributed by atoms with Crippen LogP contribution in [0.1, 0.15) is 24.5 Å². The van der Waals surface area contributed by atoms with Gasteiger partial charge in [0.15, 0.2) is 0 Å². The molecule has 1 aromatic carbocycles. The molecule has 3 nitrogen and oxygen atoms in total. The smallest absolute Gasteiger partial charge is 0.145 e. The minimum atomic E-state index is -0.482. The van der Waals surface area contributed by atoms with Gasteiger partial charge in [-0.05, 0) is 12.1 Å².